The summed E-state index contributed by atoms with van der Waals surface area (Å²) in [7, 11) is 0. The summed E-state index contributed by atoms with van der Waals surface area (Å²) < 4.78 is 5.93. The van der Waals surface area contributed by atoms with E-state index in [4.69, 9.17) is 4.42 Å². The zero-order valence-corrected chi connectivity index (χ0v) is 25.2. The van der Waals surface area contributed by atoms with Gasteiger partial charge in [0.15, 0.2) is 0 Å². The molecule has 2 saturated heterocycles. The van der Waals surface area contributed by atoms with Crippen molar-refractivity contribution in [2.24, 2.45) is 11.8 Å². The molecule has 1 aromatic heterocycles. The van der Waals surface area contributed by atoms with Gasteiger partial charge in [0.2, 0.25) is 35.4 Å². The lowest BCUT2D eigenvalue weighted by molar-refractivity contribution is -0.142. The predicted molar refractivity (Wildman–Crippen MR) is 167 cm³/mol. The first-order valence-corrected chi connectivity index (χ1v) is 16.2. The minimum atomic E-state index is -0.422. The van der Waals surface area contributed by atoms with Crippen LogP contribution in [-0.2, 0) is 19.2 Å². The minimum absolute atomic E-state index is 0.0814. The smallest absolute Gasteiger partial charge is 0.248 e. The molecule has 2 aliphatic heterocycles. The summed E-state index contributed by atoms with van der Waals surface area (Å²) in [6.07, 6.45) is 8.93. The molecule has 45 heavy (non-hydrogen) atoms. The summed E-state index contributed by atoms with van der Waals surface area (Å²) in [6, 6.07) is 13.5. The lowest BCUT2D eigenvalue weighted by atomic mass is 9.84. The molecule has 2 aromatic carbocycles. The van der Waals surface area contributed by atoms with Crippen molar-refractivity contribution in [3.63, 3.8) is 0 Å². The van der Waals surface area contributed by atoms with Gasteiger partial charge in [-0.3, -0.25) is 19.2 Å². The van der Waals surface area contributed by atoms with Gasteiger partial charge in [0.05, 0.1) is 0 Å². The second-order valence-electron chi connectivity index (χ2n) is 12.7. The second-order valence-corrected chi connectivity index (χ2v) is 12.7. The molecule has 234 valence electrons. The van der Waals surface area contributed by atoms with Crippen LogP contribution in [0.25, 0.3) is 22.9 Å². The van der Waals surface area contributed by atoms with Gasteiger partial charge in [0.25, 0.3) is 0 Å². The highest BCUT2D eigenvalue weighted by molar-refractivity contribution is 5.99. The van der Waals surface area contributed by atoms with Crippen molar-refractivity contribution in [2.75, 3.05) is 23.7 Å². The monoisotopic (exact) mass is 610 g/mol. The maximum Gasteiger partial charge on any atom is 0.248 e. The van der Waals surface area contributed by atoms with Crippen LogP contribution in [0.2, 0.25) is 0 Å². The van der Waals surface area contributed by atoms with E-state index in [0.717, 1.165) is 51.4 Å². The highest BCUT2D eigenvalue weighted by Crippen LogP contribution is 2.33. The van der Waals surface area contributed by atoms with Crippen LogP contribution in [0, 0.1) is 11.8 Å². The summed E-state index contributed by atoms with van der Waals surface area (Å²) in [5, 5.41) is 14.3. The number of likely N-dealkylation sites (tertiary alicyclic amines) is 2. The third-order valence-corrected chi connectivity index (χ3v) is 9.81. The number of anilines is 2. The Kier molecular flexibility index (Phi) is 8.08. The average Bonchev–Trinajstić information content (AvgIpc) is 3.77. The molecule has 0 radical (unpaired) electrons. The van der Waals surface area contributed by atoms with E-state index >= 15 is 0 Å². The van der Waals surface area contributed by atoms with Gasteiger partial charge in [-0.25, -0.2) is 0 Å². The summed E-state index contributed by atoms with van der Waals surface area (Å²) in [4.78, 5) is 55.1. The van der Waals surface area contributed by atoms with Gasteiger partial charge in [-0.05, 0) is 99.9 Å². The van der Waals surface area contributed by atoms with Crippen molar-refractivity contribution in [1.29, 1.82) is 0 Å². The number of aromatic nitrogens is 2. The average molecular weight is 611 g/mol. The number of hydrogen-bond donors (Lipinski definition) is 2. The standard InChI is InChI=1S/C34H38N6O5/c41-29(27-9-3-19-39(27)33(43)23-5-1-6-23)35-25-15-11-21(12-16-25)31-37-38-32(45-31)22-13-17-26(18-14-22)36-30(42)28-10-4-20-40(28)34(44)24-7-2-8-24/h11-18,23-24,27-28H,1-10,19-20H2,(H,35,41)(H,36,42). The van der Waals surface area contributed by atoms with Gasteiger partial charge in [0, 0.05) is 47.4 Å². The van der Waals surface area contributed by atoms with Crippen molar-refractivity contribution in [3.8, 4) is 22.9 Å². The molecule has 7 rings (SSSR count). The Labute approximate surface area is 261 Å². The Hall–Kier alpha value is -4.54. The fourth-order valence-corrected chi connectivity index (χ4v) is 6.69. The molecule has 4 fully saturated rings. The highest BCUT2D eigenvalue weighted by Gasteiger charge is 2.40. The molecule has 4 aliphatic rings. The van der Waals surface area contributed by atoms with Crippen LogP contribution in [0.1, 0.15) is 64.2 Å². The fraction of sp³-hybridized carbons (Fsp3) is 0.471. The van der Waals surface area contributed by atoms with E-state index in [-0.39, 0.29) is 35.5 Å². The van der Waals surface area contributed by atoms with E-state index in [2.05, 4.69) is 20.8 Å². The predicted octanol–water partition coefficient (Wildman–Crippen LogP) is 4.86. The first-order chi connectivity index (χ1) is 21.9. The van der Waals surface area contributed by atoms with Crippen LogP contribution < -0.4 is 10.6 Å². The molecule has 4 amide bonds. The minimum Gasteiger partial charge on any atom is -0.416 e. The number of carbonyl (C=O) groups excluding carboxylic acids is 4. The van der Waals surface area contributed by atoms with Crippen LogP contribution in [0.3, 0.4) is 0 Å². The Morgan fingerprint density at radius 2 is 0.978 bits per heavy atom. The number of carbonyl (C=O) groups is 4. The van der Waals surface area contributed by atoms with E-state index in [1.165, 1.54) is 0 Å². The molecule has 0 bridgehead atoms. The van der Waals surface area contributed by atoms with E-state index in [1.807, 2.05) is 0 Å². The summed E-state index contributed by atoms with van der Waals surface area (Å²) in [6.45, 7) is 1.29. The summed E-state index contributed by atoms with van der Waals surface area (Å²) in [5.74, 6) is 0.764. The van der Waals surface area contributed by atoms with Crippen molar-refractivity contribution in [3.05, 3.63) is 48.5 Å². The number of nitrogens with zero attached hydrogens (tertiary/aromatic N) is 4. The Morgan fingerprint density at radius 3 is 1.33 bits per heavy atom. The molecule has 2 aliphatic carbocycles. The summed E-state index contributed by atoms with van der Waals surface area (Å²) in [5.41, 5.74) is 2.68. The number of rotatable bonds is 8. The van der Waals surface area contributed by atoms with Gasteiger partial charge in [0.1, 0.15) is 12.1 Å². The summed E-state index contributed by atoms with van der Waals surface area (Å²) >= 11 is 0. The number of hydrogen-bond acceptors (Lipinski definition) is 7. The molecule has 2 saturated carbocycles. The number of amides is 4. The number of nitrogens with one attached hydrogen (secondary N) is 2. The number of benzene rings is 2. The molecule has 11 nitrogen and oxygen atoms in total. The molecular weight excluding hydrogens is 572 g/mol. The zero-order valence-electron chi connectivity index (χ0n) is 25.2. The second kappa shape index (κ2) is 12.5. The van der Waals surface area contributed by atoms with E-state index in [0.29, 0.717) is 60.2 Å². The Bertz CT molecular complexity index is 1460. The van der Waals surface area contributed by atoms with Crippen molar-refractivity contribution in [2.45, 2.75) is 76.3 Å². The van der Waals surface area contributed by atoms with Crippen molar-refractivity contribution >= 4 is 35.0 Å². The lowest BCUT2D eigenvalue weighted by Crippen LogP contribution is -2.46. The Morgan fingerprint density at radius 1 is 0.578 bits per heavy atom. The van der Waals surface area contributed by atoms with Crippen LogP contribution in [0.4, 0.5) is 11.4 Å². The fourth-order valence-electron chi connectivity index (χ4n) is 6.69. The molecule has 11 heteroatoms. The normalized spacial score (nSPS) is 21.7. The quantitative estimate of drug-likeness (QED) is 0.371. The third-order valence-electron chi connectivity index (χ3n) is 9.81. The van der Waals surface area contributed by atoms with Gasteiger partial charge in [-0.15, -0.1) is 10.2 Å². The third kappa shape index (κ3) is 5.95. The highest BCUT2D eigenvalue weighted by atomic mass is 16.4. The van der Waals surface area contributed by atoms with E-state index in [1.54, 1.807) is 58.3 Å². The maximum atomic E-state index is 13.0. The van der Waals surface area contributed by atoms with Gasteiger partial charge >= 0.3 is 0 Å². The van der Waals surface area contributed by atoms with Gasteiger partial charge in [-0.1, -0.05) is 12.8 Å². The Balaban J connectivity index is 0.944. The topological polar surface area (TPSA) is 138 Å². The largest absolute Gasteiger partial charge is 0.416 e. The lowest BCUT2D eigenvalue weighted by Gasteiger charge is -2.32. The molecular formula is C34H38N6O5. The van der Waals surface area contributed by atoms with Crippen LogP contribution in [0.15, 0.2) is 52.9 Å². The van der Waals surface area contributed by atoms with E-state index in [9.17, 15) is 19.2 Å². The van der Waals surface area contributed by atoms with E-state index < -0.39 is 12.1 Å². The van der Waals surface area contributed by atoms with Gasteiger partial charge in [-0.2, -0.15) is 0 Å². The zero-order chi connectivity index (χ0) is 30.9. The van der Waals surface area contributed by atoms with Crippen LogP contribution in [0.5, 0.6) is 0 Å². The first kappa shape index (κ1) is 29.2. The molecule has 0 spiro atoms. The van der Waals surface area contributed by atoms with Crippen molar-refractivity contribution in [1.82, 2.24) is 20.0 Å². The van der Waals surface area contributed by atoms with Crippen molar-refractivity contribution < 1.29 is 23.6 Å². The van der Waals surface area contributed by atoms with Crippen LogP contribution in [-0.4, -0.2) is 68.8 Å². The molecule has 2 atom stereocenters. The molecule has 2 N–H and O–H groups in total. The molecule has 3 heterocycles. The maximum absolute atomic E-state index is 13.0. The van der Waals surface area contributed by atoms with Crippen LogP contribution >= 0.6 is 0 Å². The SMILES string of the molecule is O=C(Nc1ccc(-c2nnc(-c3ccc(NC(=O)C4CCCN4C(=O)C4CCC4)cc3)o2)cc1)C1CCCN1C(=O)C1CCC1. The first-order valence-electron chi connectivity index (χ1n) is 16.2. The van der Waals surface area contributed by atoms with Gasteiger partial charge < -0.3 is 24.9 Å². The molecule has 2 unspecified atom stereocenters. The molecule has 3 aromatic rings.